The summed E-state index contributed by atoms with van der Waals surface area (Å²) >= 11 is 5.85. The van der Waals surface area contributed by atoms with Crippen molar-refractivity contribution in [1.82, 2.24) is 4.31 Å². The molecule has 1 atom stereocenters. The van der Waals surface area contributed by atoms with Gasteiger partial charge in [0.2, 0.25) is 10.0 Å². The van der Waals surface area contributed by atoms with E-state index in [4.69, 9.17) is 16.3 Å². The van der Waals surface area contributed by atoms with Crippen LogP contribution < -0.4 is 4.74 Å². The van der Waals surface area contributed by atoms with E-state index >= 15 is 0 Å². The zero-order chi connectivity index (χ0) is 15.6. The Balaban J connectivity index is 2.53. The van der Waals surface area contributed by atoms with Crippen LogP contribution in [0.4, 0.5) is 0 Å². The molecule has 1 aromatic rings. The number of halogens is 1. The van der Waals surface area contributed by atoms with Crippen LogP contribution in [0, 0.1) is 0 Å². The Morgan fingerprint density at radius 1 is 1.43 bits per heavy atom. The van der Waals surface area contributed by atoms with E-state index in [1.807, 2.05) is 0 Å². The van der Waals surface area contributed by atoms with Gasteiger partial charge in [0.05, 0.1) is 7.11 Å². The molecule has 1 unspecified atom stereocenters. The second-order valence-electron chi connectivity index (χ2n) is 4.43. The van der Waals surface area contributed by atoms with E-state index in [0.29, 0.717) is 0 Å². The Hall–Kier alpha value is -1.57. The Morgan fingerprint density at radius 3 is 2.76 bits per heavy atom. The van der Waals surface area contributed by atoms with Gasteiger partial charge in [0, 0.05) is 11.6 Å². The molecule has 1 heterocycles. The monoisotopic (exact) mass is 331 g/mol. The number of hydrogen-bond acceptors (Lipinski definition) is 4. The van der Waals surface area contributed by atoms with E-state index in [0.717, 1.165) is 4.31 Å². The molecule has 0 fully saturated rings. The van der Waals surface area contributed by atoms with Crippen LogP contribution in [0.3, 0.4) is 0 Å². The molecule has 0 saturated heterocycles. The first-order valence-electron chi connectivity index (χ1n) is 6.11. The Kier molecular flexibility index (Phi) is 4.55. The summed E-state index contributed by atoms with van der Waals surface area (Å²) in [6.45, 7) is -0.00499. The predicted molar refractivity (Wildman–Crippen MR) is 77.1 cm³/mol. The topological polar surface area (TPSA) is 83.9 Å². The van der Waals surface area contributed by atoms with Crippen molar-refractivity contribution in [3.05, 3.63) is 35.4 Å². The minimum absolute atomic E-state index is 0.00499. The van der Waals surface area contributed by atoms with E-state index in [1.165, 1.54) is 25.3 Å². The summed E-state index contributed by atoms with van der Waals surface area (Å²) in [7, 11) is -2.69. The first-order chi connectivity index (χ1) is 9.87. The van der Waals surface area contributed by atoms with Gasteiger partial charge in [-0.25, -0.2) is 8.42 Å². The second kappa shape index (κ2) is 6.05. The van der Waals surface area contributed by atoms with Crippen molar-refractivity contribution in [2.75, 3.05) is 13.7 Å². The number of carboxylic acids is 1. The van der Waals surface area contributed by atoms with Gasteiger partial charge in [0.25, 0.3) is 0 Å². The maximum absolute atomic E-state index is 12.7. The average molecular weight is 332 g/mol. The quantitative estimate of drug-likeness (QED) is 0.850. The molecule has 0 radical (unpaired) electrons. The third-order valence-electron chi connectivity index (χ3n) is 3.16. The summed E-state index contributed by atoms with van der Waals surface area (Å²) in [4.78, 5) is 11.1. The highest BCUT2D eigenvalue weighted by Crippen LogP contribution is 2.31. The summed E-state index contributed by atoms with van der Waals surface area (Å²) in [5.74, 6) is -1.07. The van der Waals surface area contributed by atoms with Gasteiger partial charge in [0.1, 0.15) is 16.7 Å². The molecule has 6 nitrogen and oxygen atoms in total. The minimum atomic E-state index is -4.03. The highest BCUT2D eigenvalue weighted by molar-refractivity contribution is 7.89. The molecule has 0 aromatic heterocycles. The van der Waals surface area contributed by atoms with Gasteiger partial charge < -0.3 is 9.84 Å². The number of carboxylic acid groups (broad SMARTS) is 1. The summed E-state index contributed by atoms with van der Waals surface area (Å²) in [6.07, 6.45) is 3.39. The minimum Gasteiger partial charge on any atom is -0.495 e. The van der Waals surface area contributed by atoms with Crippen LogP contribution in [0.15, 0.2) is 35.2 Å². The van der Waals surface area contributed by atoms with E-state index in [9.17, 15) is 18.3 Å². The molecule has 1 aliphatic rings. The summed E-state index contributed by atoms with van der Waals surface area (Å²) < 4.78 is 31.4. The van der Waals surface area contributed by atoms with Gasteiger partial charge in [-0.1, -0.05) is 23.8 Å². The van der Waals surface area contributed by atoms with Gasteiger partial charge in [-0.05, 0) is 24.6 Å². The lowest BCUT2D eigenvalue weighted by atomic mass is 10.1. The molecule has 1 N–H and O–H groups in total. The molecule has 0 saturated carbocycles. The van der Waals surface area contributed by atoms with Gasteiger partial charge in [-0.15, -0.1) is 0 Å². The van der Waals surface area contributed by atoms with Gasteiger partial charge in [-0.3, -0.25) is 4.79 Å². The molecule has 0 amide bonds. The number of aliphatic carboxylic acids is 1. The van der Waals surface area contributed by atoms with E-state index < -0.39 is 22.0 Å². The van der Waals surface area contributed by atoms with Crippen molar-refractivity contribution in [2.24, 2.45) is 0 Å². The number of sulfonamides is 1. The fourth-order valence-corrected chi connectivity index (χ4v) is 4.08. The van der Waals surface area contributed by atoms with Crippen molar-refractivity contribution in [1.29, 1.82) is 0 Å². The van der Waals surface area contributed by atoms with Crippen molar-refractivity contribution >= 4 is 27.6 Å². The fraction of sp³-hybridized carbons (Fsp3) is 0.308. The number of nitrogens with zero attached hydrogens (tertiary/aromatic N) is 1. The van der Waals surface area contributed by atoms with Crippen LogP contribution in [0.1, 0.15) is 6.42 Å². The number of ether oxygens (including phenoxy) is 1. The normalized spacial score (nSPS) is 19.4. The zero-order valence-electron chi connectivity index (χ0n) is 11.2. The summed E-state index contributed by atoms with van der Waals surface area (Å²) in [5.41, 5.74) is 0. The van der Waals surface area contributed by atoms with Crippen molar-refractivity contribution < 1.29 is 23.1 Å². The molecular formula is C13H14ClNO5S. The maximum atomic E-state index is 12.7. The highest BCUT2D eigenvalue weighted by atomic mass is 35.5. The van der Waals surface area contributed by atoms with Gasteiger partial charge >= 0.3 is 5.97 Å². The zero-order valence-corrected chi connectivity index (χ0v) is 12.8. The first kappa shape index (κ1) is 15.8. The summed E-state index contributed by atoms with van der Waals surface area (Å²) in [5, 5.41) is 9.43. The fourth-order valence-electron chi connectivity index (χ4n) is 2.12. The van der Waals surface area contributed by atoms with Gasteiger partial charge in [0.15, 0.2) is 0 Å². The molecule has 8 heteroatoms. The van der Waals surface area contributed by atoms with Crippen LogP contribution in [0.5, 0.6) is 5.75 Å². The SMILES string of the molecule is COc1ccc(Cl)cc1S(=O)(=O)N1CC=CCC1C(=O)O. The second-order valence-corrected chi connectivity index (χ2v) is 6.73. The Bertz CT molecular complexity index is 686. The first-order valence-corrected chi connectivity index (χ1v) is 7.93. The third-order valence-corrected chi connectivity index (χ3v) is 5.29. The molecule has 1 aliphatic heterocycles. The predicted octanol–water partition coefficient (Wildman–Crippen LogP) is 1.75. The molecule has 2 rings (SSSR count). The highest BCUT2D eigenvalue weighted by Gasteiger charge is 2.37. The van der Waals surface area contributed by atoms with Crippen LogP contribution in [0.25, 0.3) is 0 Å². The number of rotatable bonds is 4. The molecule has 21 heavy (non-hydrogen) atoms. The maximum Gasteiger partial charge on any atom is 0.322 e. The van der Waals surface area contributed by atoms with Crippen LogP contribution in [-0.4, -0.2) is 43.5 Å². The van der Waals surface area contributed by atoms with Gasteiger partial charge in [-0.2, -0.15) is 4.31 Å². The van der Waals surface area contributed by atoms with Crippen molar-refractivity contribution in [3.63, 3.8) is 0 Å². The molecule has 0 aliphatic carbocycles. The molecule has 114 valence electrons. The summed E-state index contributed by atoms with van der Waals surface area (Å²) in [6, 6.07) is 3.06. The molecule has 1 aromatic carbocycles. The number of methoxy groups -OCH3 is 1. The Morgan fingerprint density at radius 2 is 2.14 bits per heavy atom. The smallest absolute Gasteiger partial charge is 0.322 e. The third kappa shape index (κ3) is 3.04. The number of carbonyl (C=O) groups is 1. The lowest BCUT2D eigenvalue weighted by Crippen LogP contribution is -2.46. The Labute approximate surface area is 127 Å². The lowest BCUT2D eigenvalue weighted by molar-refractivity contribution is -0.141. The van der Waals surface area contributed by atoms with E-state index in [-0.39, 0.29) is 28.6 Å². The molecule has 0 bridgehead atoms. The number of hydrogen-bond donors (Lipinski definition) is 1. The largest absolute Gasteiger partial charge is 0.495 e. The molecule has 0 spiro atoms. The van der Waals surface area contributed by atoms with E-state index in [2.05, 4.69) is 0 Å². The van der Waals surface area contributed by atoms with Crippen LogP contribution >= 0.6 is 11.6 Å². The lowest BCUT2D eigenvalue weighted by Gasteiger charge is -2.29. The van der Waals surface area contributed by atoms with Crippen LogP contribution in [-0.2, 0) is 14.8 Å². The average Bonchev–Trinajstić information content (AvgIpc) is 2.47. The molecular weight excluding hydrogens is 318 g/mol. The van der Waals surface area contributed by atoms with Crippen LogP contribution in [0.2, 0.25) is 5.02 Å². The van der Waals surface area contributed by atoms with E-state index in [1.54, 1.807) is 12.2 Å². The standard InChI is InChI=1S/C13H14ClNO5S/c1-20-11-6-5-9(14)8-12(11)21(18,19)15-7-3-2-4-10(15)13(16)17/h2-3,5-6,8,10H,4,7H2,1H3,(H,16,17). The van der Waals surface area contributed by atoms with Crippen molar-refractivity contribution in [2.45, 2.75) is 17.4 Å². The number of benzene rings is 1. The van der Waals surface area contributed by atoms with Crippen molar-refractivity contribution in [3.8, 4) is 5.75 Å².